The third-order valence-corrected chi connectivity index (χ3v) is 11.5. The summed E-state index contributed by atoms with van der Waals surface area (Å²) in [5.74, 6) is -0.191. The van der Waals surface area contributed by atoms with E-state index in [1.807, 2.05) is 6.08 Å². The highest BCUT2D eigenvalue weighted by molar-refractivity contribution is 5.76. The van der Waals surface area contributed by atoms with Gasteiger partial charge in [-0.3, -0.25) is 4.79 Å². The summed E-state index contributed by atoms with van der Waals surface area (Å²) < 4.78 is 11.2. The minimum absolute atomic E-state index is 0.191. The lowest BCUT2D eigenvalue weighted by Gasteiger charge is -2.40. The van der Waals surface area contributed by atoms with Crippen LogP contribution in [0.25, 0.3) is 0 Å². The summed E-state index contributed by atoms with van der Waals surface area (Å²) in [6.45, 7) is 3.74. The Labute approximate surface area is 355 Å². The second kappa shape index (κ2) is 39.5. The van der Waals surface area contributed by atoms with Crippen LogP contribution in [0.15, 0.2) is 36.5 Å². The van der Waals surface area contributed by atoms with Crippen LogP contribution in [0.1, 0.15) is 213 Å². The van der Waals surface area contributed by atoms with Gasteiger partial charge in [0.2, 0.25) is 5.91 Å². The third kappa shape index (κ3) is 29.6. The molecule has 1 saturated heterocycles. The number of allylic oxidation sites excluding steroid dienone is 5. The summed E-state index contributed by atoms with van der Waals surface area (Å²) in [5.41, 5.74) is 0. The zero-order valence-electron chi connectivity index (χ0n) is 37.3. The number of nitrogens with one attached hydrogen (secondary N) is 1. The first-order valence-corrected chi connectivity index (χ1v) is 24.2. The molecule has 0 aromatic rings. The van der Waals surface area contributed by atoms with Gasteiger partial charge in [-0.15, -0.1) is 0 Å². The summed E-state index contributed by atoms with van der Waals surface area (Å²) >= 11 is 0. The van der Waals surface area contributed by atoms with Crippen molar-refractivity contribution in [2.45, 2.75) is 256 Å². The SMILES string of the molecule is CCCCC/C=C\C/C=C\CCCCCCCC(=O)NC(COC1OC(CO)C(O)C(O)C1O)C(O)/C=C/CCCCCCCCCCCCCCCCCCCC. The van der Waals surface area contributed by atoms with E-state index in [2.05, 4.69) is 43.5 Å². The van der Waals surface area contributed by atoms with Crippen LogP contribution in [0.4, 0.5) is 0 Å². The number of carbonyl (C=O) groups excluding carboxylic acids is 1. The van der Waals surface area contributed by atoms with Crippen molar-refractivity contribution in [1.82, 2.24) is 5.32 Å². The summed E-state index contributed by atoms with van der Waals surface area (Å²) in [7, 11) is 0. The van der Waals surface area contributed by atoms with Gasteiger partial charge in [-0.25, -0.2) is 0 Å². The van der Waals surface area contributed by atoms with E-state index in [0.717, 1.165) is 64.2 Å². The molecule has 1 rings (SSSR count). The highest BCUT2D eigenvalue weighted by atomic mass is 16.7. The smallest absolute Gasteiger partial charge is 0.220 e. The van der Waals surface area contributed by atoms with E-state index in [0.29, 0.717) is 6.42 Å². The molecule has 0 aromatic heterocycles. The quantitative estimate of drug-likeness (QED) is 0.0264. The second-order valence-electron chi connectivity index (χ2n) is 16.9. The molecule has 340 valence electrons. The predicted molar refractivity (Wildman–Crippen MR) is 240 cm³/mol. The van der Waals surface area contributed by atoms with Crippen molar-refractivity contribution in [2.24, 2.45) is 0 Å². The zero-order chi connectivity index (χ0) is 42.3. The molecule has 0 aromatic carbocycles. The summed E-state index contributed by atoms with van der Waals surface area (Å²) in [6.07, 6.45) is 41.8. The first-order chi connectivity index (χ1) is 28.3. The van der Waals surface area contributed by atoms with Gasteiger partial charge < -0.3 is 40.3 Å². The van der Waals surface area contributed by atoms with Gasteiger partial charge in [0.1, 0.15) is 24.4 Å². The molecule has 7 unspecified atom stereocenters. The van der Waals surface area contributed by atoms with Crippen molar-refractivity contribution in [1.29, 1.82) is 0 Å². The number of hydrogen-bond donors (Lipinski definition) is 6. The van der Waals surface area contributed by atoms with Crippen LogP contribution in [-0.4, -0.2) is 87.5 Å². The largest absolute Gasteiger partial charge is 0.394 e. The van der Waals surface area contributed by atoms with E-state index in [1.54, 1.807) is 6.08 Å². The van der Waals surface area contributed by atoms with Crippen molar-refractivity contribution in [3.63, 3.8) is 0 Å². The van der Waals surface area contributed by atoms with E-state index in [1.165, 1.54) is 128 Å². The average molecular weight is 822 g/mol. The van der Waals surface area contributed by atoms with Crippen molar-refractivity contribution >= 4 is 5.91 Å². The Morgan fingerprint density at radius 2 is 1.02 bits per heavy atom. The Balaban J connectivity index is 2.34. The van der Waals surface area contributed by atoms with Crippen LogP contribution >= 0.6 is 0 Å². The van der Waals surface area contributed by atoms with Crippen LogP contribution < -0.4 is 5.32 Å². The Morgan fingerprint density at radius 3 is 1.52 bits per heavy atom. The number of aliphatic hydroxyl groups excluding tert-OH is 5. The van der Waals surface area contributed by atoms with Crippen molar-refractivity contribution in [3.05, 3.63) is 36.5 Å². The van der Waals surface area contributed by atoms with E-state index in [4.69, 9.17) is 9.47 Å². The molecular weight excluding hydrogens is 731 g/mol. The van der Waals surface area contributed by atoms with Crippen LogP contribution in [0.5, 0.6) is 0 Å². The summed E-state index contributed by atoms with van der Waals surface area (Å²) in [5, 5.41) is 54.2. The monoisotopic (exact) mass is 822 g/mol. The van der Waals surface area contributed by atoms with Gasteiger partial charge in [0, 0.05) is 6.42 Å². The molecule has 1 aliphatic rings. The number of carbonyl (C=O) groups is 1. The highest BCUT2D eigenvalue weighted by Gasteiger charge is 2.44. The number of ether oxygens (including phenoxy) is 2. The molecule has 1 amide bonds. The molecule has 58 heavy (non-hydrogen) atoms. The van der Waals surface area contributed by atoms with E-state index in [9.17, 15) is 30.3 Å². The number of amides is 1. The Hall–Kier alpha value is -1.59. The molecule has 0 aliphatic carbocycles. The Bertz CT molecular complexity index is 1000. The maximum absolute atomic E-state index is 13.0. The number of aliphatic hydroxyl groups is 5. The summed E-state index contributed by atoms with van der Waals surface area (Å²) in [4.78, 5) is 13.0. The predicted octanol–water partition coefficient (Wildman–Crippen LogP) is 10.5. The molecule has 1 heterocycles. The first kappa shape index (κ1) is 54.4. The minimum atomic E-state index is -1.57. The Morgan fingerprint density at radius 1 is 0.586 bits per heavy atom. The second-order valence-corrected chi connectivity index (χ2v) is 16.9. The van der Waals surface area contributed by atoms with Crippen LogP contribution in [0.3, 0.4) is 0 Å². The standard InChI is InChI=1S/C49H91NO8/c1-3-5-7-9-11-13-15-17-19-20-21-22-23-25-26-28-30-32-34-36-38-43(52)42(41-57-49-48(56)47(55)46(54)44(40-51)58-49)50-45(53)39-37-35-33-31-29-27-24-18-16-14-12-10-8-6-4-2/h12,14,18,24,36,38,42-44,46-49,51-52,54-56H,3-11,13,15-17,19-23,25-35,37,39-41H2,1-2H3,(H,50,53)/b14-12-,24-18-,38-36+. The fourth-order valence-electron chi connectivity index (χ4n) is 7.54. The van der Waals surface area contributed by atoms with E-state index >= 15 is 0 Å². The van der Waals surface area contributed by atoms with E-state index < -0.39 is 49.5 Å². The van der Waals surface area contributed by atoms with Gasteiger partial charge in [0.05, 0.1) is 25.4 Å². The van der Waals surface area contributed by atoms with Crippen LogP contribution in [0.2, 0.25) is 0 Å². The molecule has 9 heteroatoms. The lowest BCUT2D eigenvalue weighted by molar-refractivity contribution is -0.302. The van der Waals surface area contributed by atoms with Gasteiger partial charge in [-0.05, 0) is 51.4 Å². The van der Waals surface area contributed by atoms with Gasteiger partial charge >= 0.3 is 0 Å². The molecule has 6 N–H and O–H groups in total. The van der Waals surface area contributed by atoms with Crippen molar-refractivity contribution < 1.29 is 39.8 Å². The third-order valence-electron chi connectivity index (χ3n) is 11.5. The average Bonchev–Trinajstić information content (AvgIpc) is 3.22. The van der Waals surface area contributed by atoms with Gasteiger partial charge in [0.25, 0.3) is 0 Å². The maximum Gasteiger partial charge on any atom is 0.220 e. The molecule has 9 nitrogen and oxygen atoms in total. The fraction of sp³-hybridized carbons (Fsp3) is 0.857. The lowest BCUT2D eigenvalue weighted by Crippen LogP contribution is -2.60. The minimum Gasteiger partial charge on any atom is -0.394 e. The van der Waals surface area contributed by atoms with E-state index in [-0.39, 0.29) is 12.5 Å². The fourth-order valence-corrected chi connectivity index (χ4v) is 7.54. The van der Waals surface area contributed by atoms with Crippen LogP contribution in [-0.2, 0) is 14.3 Å². The van der Waals surface area contributed by atoms with Crippen molar-refractivity contribution in [3.8, 4) is 0 Å². The normalized spacial score (nSPS) is 21.1. The molecule has 0 spiro atoms. The van der Waals surface area contributed by atoms with Gasteiger partial charge in [0.15, 0.2) is 6.29 Å². The van der Waals surface area contributed by atoms with Crippen molar-refractivity contribution in [2.75, 3.05) is 13.2 Å². The number of hydrogen-bond acceptors (Lipinski definition) is 8. The topological polar surface area (TPSA) is 149 Å². The maximum atomic E-state index is 13.0. The molecule has 1 aliphatic heterocycles. The Kier molecular flexibility index (Phi) is 37.1. The molecule has 1 fully saturated rings. The van der Waals surface area contributed by atoms with Gasteiger partial charge in [-0.1, -0.05) is 192 Å². The first-order valence-electron chi connectivity index (χ1n) is 24.2. The molecule has 0 radical (unpaired) electrons. The van der Waals surface area contributed by atoms with Gasteiger partial charge in [-0.2, -0.15) is 0 Å². The molecule has 0 bridgehead atoms. The number of rotatable bonds is 40. The zero-order valence-corrected chi connectivity index (χ0v) is 37.3. The number of unbranched alkanes of at least 4 members (excludes halogenated alkanes) is 26. The summed E-state index contributed by atoms with van der Waals surface area (Å²) in [6, 6.07) is -0.811. The highest BCUT2D eigenvalue weighted by Crippen LogP contribution is 2.23. The molecular formula is C49H91NO8. The molecule has 0 saturated carbocycles. The van der Waals surface area contributed by atoms with Crippen LogP contribution in [0, 0.1) is 0 Å². The molecule has 7 atom stereocenters. The lowest BCUT2D eigenvalue weighted by atomic mass is 9.99.